The summed E-state index contributed by atoms with van der Waals surface area (Å²) in [6, 6.07) is 11.8. The molecule has 25 heavy (non-hydrogen) atoms. The average Bonchev–Trinajstić information content (AvgIpc) is 3.01. The van der Waals surface area contributed by atoms with E-state index in [2.05, 4.69) is 0 Å². The molecule has 0 spiro atoms. The lowest BCUT2D eigenvalue weighted by Gasteiger charge is -2.14. The van der Waals surface area contributed by atoms with Crippen molar-refractivity contribution in [3.8, 4) is 10.4 Å². The lowest BCUT2D eigenvalue weighted by Crippen LogP contribution is -2.26. The number of aliphatic carboxylic acids is 1. The van der Waals surface area contributed by atoms with Crippen LogP contribution in [0.5, 0.6) is 0 Å². The molecule has 0 saturated carbocycles. The van der Waals surface area contributed by atoms with E-state index < -0.39 is 5.97 Å². The molecule has 0 aliphatic heterocycles. The number of nitrogens with zero attached hydrogens (tertiary/aromatic N) is 2. The summed E-state index contributed by atoms with van der Waals surface area (Å²) in [5.41, 5.74) is 0.978. The van der Waals surface area contributed by atoms with Gasteiger partial charge in [-0.3, -0.25) is 14.2 Å². The number of carboxylic acid groups (broad SMARTS) is 1. The van der Waals surface area contributed by atoms with E-state index in [9.17, 15) is 9.59 Å². The lowest BCUT2D eigenvalue weighted by molar-refractivity contribution is -0.137. The molecule has 0 bridgehead atoms. The van der Waals surface area contributed by atoms with Gasteiger partial charge >= 0.3 is 5.97 Å². The second kappa shape index (κ2) is 7.19. The Bertz CT molecular complexity index is 958. The molecule has 3 aromatic rings. The van der Waals surface area contributed by atoms with Gasteiger partial charge in [0.25, 0.3) is 5.56 Å². The van der Waals surface area contributed by atoms with E-state index in [4.69, 9.17) is 10.1 Å². The first kappa shape index (κ1) is 17.4. The summed E-state index contributed by atoms with van der Waals surface area (Å²) in [4.78, 5) is 30.2. The minimum atomic E-state index is -0.852. The van der Waals surface area contributed by atoms with E-state index in [1.54, 1.807) is 4.57 Å². The summed E-state index contributed by atoms with van der Waals surface area (Å²) < 4.78 is 1.64. The molecule has 0 unspecified atom stereocenters. The van der Waals surface area contributed by atoms with Crippen molar-refractivity contribution >= 4 is 27.5 Å². The first-order valence-electron chi connectivity index (χ1n) is 8.29. The third kappa shape index (κ3) is 3.64. The monoisotopic (exact) mass is 356 g/mol. The number of fused-ring (bicyclic) bond motifs is 1. The fourth-order valence-corrected chi connectivity index (χ4v) is 3.86. The SMILES string of the molecule is CC(C)c1nc2sc(-c3ccccc3)cc2c(=O)n1CCCC(=O)O. The molecule has 6 heteroatoms. The van der Waals surface area contributed by atoms with Crippen LogP contribution in [-0.4, -0.2) is 20.6 Å². The number of carboxylic acids is 1. The fourth-order valence-electron chi connectivity index (χ4n) is 2.82. The number of thiophene rings is 1. The zero-order chi connectivity index (χ0) is 18.0. The highest BCUT2D eigenvalue weighted by atomic mass is 32.1. The molecular weight excluding hydrogens is 336 g/mol. The van der Waals surface area contributed by atoms with Crippen LogP contribution in [0.25, 0.3) is 20.7 Å². The van der Waals surface area contributed by atoms with Gasteiger partial charge in [0.1, 0.15) is 10.7 Å². The topological polar surface area (TPSA) is 72.2 Å². The van der Waals surface area contributed by atoms with Gasteiger partial charge in [-0.1, -0.05) is 44.2 Å². The lowest BCUT2D eigenvalue weighted by atomic mass is 10.1. The van der Waals surface area contributed by atoms with Gasteiger partial charge in [-0.15, -0.1) is 11.3 Å². The average molecular weight is 356 g/mol. The van der Waals surface area contributed by atoms with E-state index >= 15 is 0 Å². The Labute approximate surface area is 149 Å². The van der Waals surface area contributed by atoms with Crippen LogP contribution in [0.15, 0.2) is 41.2 Å². The number of rotatable bonds is 6. The molecule has 0 amide bonds. The molecule has 130 valence electrons. The van der Waals surface area contributed by atoms with Gasteiger partial charge in [-0.2, -0.15) is 0 Å². The number of hydrogen-bond acceptors (Lipinski definition) is 4. The molecule has 0 saturated heterocycles. The molecule has 0 aliphatic carbocycles. The van der Waals surface area contributed by atoms with Crippen molar-refractivity contribution in [1.82, 2.24) is 9.55 Å². The van der Waals surface area contributed by atoms with Gasteiger partial charge in [-0.25, -0.2) is 4.98 Å². The molecule has 2 aromatic heterocycles. The van der Waals surface area contributed by atoms with E-state index in [0.717, 1.165) is 15.3 Å². The minimum Gasteiger partial charge on any atom is -0.481 e. The Balaban J connectivity index is 2.09. The van der Waals surface area contributed by atoms with Gasteiger partial charge in [0.15, 0.2) is 0 Å². The largest absolute Gasteiger partial charge is 0.481 e. The van der Waals surface area contributed by atoms with Crippen LogP contribution in [0.1, 0.15) is 38.4 Å². The van der Waals surface area contributed by atoms with Crippen LogP contribution in [0, 0.1) is 0 Å². The van der Waals surface area contributed by atoms with Crippen LogP contribution in [0.3, 0.4) is 0 Å². The third-order valence-electron chi connectivity index (χ3n) is 4.03. The van der Waals surface area contributed by atoms with Gasteiger partial charge in [0.2, 0.25) is 0 Å². The molecule has 3 rings (SSSR count). The van der Waals surface area contributed by atoms with E-state index in [-0.39, 0.29) is 17.9 Å². The standard InChI is InChI=1S/C19H20N2O3S/c1-12(2)17-20-18-14(19(24)21(17)10-6-9-16(22)23)11-15(25-18)13-7-4-3-5-8-13/h3-5,7-8,11-12H,6,9-10H2,1-2H3,(H,22,23). The summed E-state index contributed by atoms with van der Waals surface area (Å²) in [7, 11) is 0. The Morgan fingerprint density at radius 3 is 2.64 bits per heavy atom. The molecule has 2 heterocycles. The number of carbonyl (C=O) groups is 1. The van der Waals surface area contributed by atoms with Crippen LogP contribution < -0.4 is 5.56 Å². The summed E-state index contributed by atoms with van der Waals surface area (Å²) in [6.07, 6.45) is 0.457. The highest BCUT2D eigenvalue weighted by Gasteiger charge is 2.17. The first-order chi connectivity index (χ1) is 12.0. The van der Waals surface area contributed by atoms with Crippen molar-refractivity contribution < 1.29 is 9.90 Å². The predicted octanol–water partition coefficient (Wildman–Crippen LogP) is 4.11. The quantitative estimate of drug-likeness (QED) is 0.721. The molecule has 0 fully saturated rings. The second-order valence-electron chi connectivity index (χ2n) is 6.27. The van der Waals surface area contributed by atoms with Crippen molar-refractivity contribution in [3.05, 3.63) is 52.6 Å². The molecule has 5 nitrogen and oxygen atoms in total. The number of benzene rings is 1. The van der Waals surface area contributed by atoms with Gasteiger partial charge in [-0.05, 0) is 18.1 Å². The van der Waals surface area contributed by atoms with Gasteiger partial charge in [0.05, 0.1) is 5.39 Å². The van der Waals surface area contributed by atoms with Crippen LogP contribution in [-0.2, 0) is 11.3 Å². The van der Waals surface area contributed by atoms with Crippen LogP contribution in [0.4, 0.5) is 0 Å². The Morgan fingerprint density at radius 2 is 2.00 bits per heavy atom. The highest BCUT2D eigenvalue weighted by Crippen LogP contribution is 2.31. The molecule has 1 aromatic carbocycles. The van der Waals surface area contributed by atoms with E-state index in [1.165, 1.54) is 11.3 Å². The Kier molecular flexibility index (Phi) is 4.99. The first-order valence-corrected chi connectivity index (χ1v) is 9.10. The van der Waals surface area contributed by atoms with E-state index in [0.29, 0.717) is 24.2 Å². The third-order valence-corrected chi connectivity index (χ3v) is 5.11. The fraction of sp³-hybridized carbons (Fsp3) is 0.316. The minimum absolute atomic E-state index is 0.0426. The maximum atomic E-state index is 13.0. The molecule has 1 N–H and O–H groups in total. The second-order valence-corrected chi connectivity index (χ2v) is 7.30. The summed E-state index contributed by atoms with van der Waals surface area (Å²) in [6.45, 7) is 4.36. The normalized spacial score (nSPS) is 11.3. The molecule has 0 aliphatic rings. The van der Waals surface area contributed by atoms with Crippen LogP contribution in [0.2, 0.25) is 0 Å². The van der Waals surface area contributed by atoms with Crippen molar-refractivity contribution in [1.29, 1.82) is 0 Å². The number of hydrogen-bond donors (Lipinski definition) is 1. The maximum absolute atomic E-state index is 13.0. The van der Waals surface area contributed by atoms with Crippen molar-refractivity contribution in [2.45, 2.75) is 39.2 Å². The van der Waals surface area contributed by atoms with Crippen molar-refractivity contribution in [2.24, 2.45) is 0 Å². The summed E-state index contributed by atoms with van der Waals surface area (Å²) >= 11 is 1.51. The zero-order valence-electron chi connectivity index (χ0n) is 14.2. The molecule has 0 atom stereocenters. The Morgan fingerprint density at radius 1 is 1.28 bits per heavy atom. The smallest absolute Gasteiger partial charge is 0.303 e. The van der Waals surface area contributed by atoms with Gasteiger partial charge in [0, 0.05) is 23.8 Å². The molecular formula is C19H20N2O3S. The van der Waals surface area contributed by atoms with Crippen molar-refractivity contribution in [3.63, 3.8) is 0 Å². The predicted molar refractivity (Wildman–Crippen MR) is 100 cm³/mol. The van der Waals surface area contributed by atoms with E-state index in [1.807, 2.05) is 50.2 Å². The zero-order valence-corrected chi connectivity index (χ0v) is 15.0. The summed E-state index contributed by atoms with van der Waals surface area (Å²) in [5.74, 6) is -0.0522. The van der Waals surface area contributed by atoms with Crippen molar-refractivity contribution in [2.75, 3.05) is 0 Å². The maximum Gasteiger partial charge on any atom is 0.303 e. The van der Waals surface area contributed by atoms with Crippen LogP contribution >= 0.6 is 11.3 Å². The van der Waals surface area contributed by atoms with Gasteiger partial charge < -0.3 is 5.11 Å². The number of aromatic nitrogens is 2. The Hall–Kier alpha value is -2.47. The molecule has 0 radical (unpaired) electrons. The highest BCUT2D eigenvalue weighted by molar-refractivity contribution is 7.21. The summed E-state index contributed by atoms with van der Waals surface area (Å²) in [5, 5.41) is 9.44.